The lowest BCUT2D eigenvalue weighted by Crippen LogP contribution is -2.54. The Bertz CT molecular complexity index is 1970. The third kappa shape index (κ3) is 7.95. The molecule has 0 bridgehead atoms. The monoisotopic (exact) mass is 654 g/mol. The number of aromatic nitrogens is 2. The van der Waals surface area contributed by atoms with Crippen molar-refractivity contribution in [2.75, 3.05) is 19.5 Å². The van der Waals surface area contributed by atoms with Gasteiger partial charge >= 0.3 is 0 Å². The first-order chi connectivity index (χ1) is 21.0. The highest BCUT2D eigenvalue weighted by Gasteiger charge is 2.43. The first-order valence-corrected chi connectivity index (χ1v) is 17.0. The summed E-state index contributed by atoms with van der Waals surface area (Å²) in [5.74, 6) is 5.32. The van der Waals surface area contributed by atoms with E-state index in [4.69, 9.17) is 20.2 Å². The van der Waals surface area contributed by atoms with E-state index in [1.165, 1.54) is 24.5 Å². The van der Waals surface area contributed by atoms with Gasteiger partial charge in [0.25, 0.3) is 16.0 Å². The van der Waals surface area contributed by atoms with Crippen molar-refractivity contribution in [2.45, 2.75) is 42.0 Å². The van der Waals surface area contributed by atoms with Gasteiger partial charge in [-0.05, 0) is 68.3 Å². The summed E-state index contributed by atoms with van der Waals surface area (Å²) in [6, 6.07) is 19.4. The fourth-order valence-corrected chi connectivity index (χ4v) is 5.74. The first kappa shape index (κ1) is 33.8. The Morgan fingerprint density at radius 2 is 1.64 bits per heavy atom. The van der Waals surface area contributed by atoms with Crippen molar-refractivity contribution in [3.63, 3.8) is 0 Å². The van der Waals surface area contributed by atoms with Crippen LogP contribution in [-0.2, 0) is 41.6 Å². The summed E-state index contributed by atoms with van der Waals surface area (Å²) in [4.78, 5) is 11.9. The predicted octanol–water partition coefficient (Wildman–Crippen LogP) is 2.56. The van der Waals surface area contributed by atoms with Gasteiger partial charge < -0.3 is 10.5 Å². The van der Waals surface area contributed by atoms with E-state index in [-0.39, 0.29) is 17.9 Å². The standard InChI is InChI=1S/C24H26N4O5S.C7H8O3S/c1-23(22(29)27-30,34(2,31)32)11-12-28-14-19-13-18(7-10-21(19)26-28)4-3-17-5-8-20(9-6-17)24(25)15-33-16-24;1-6-2-4-7(5-3-6)11(8,9)10/h5-10,13-14,30H,11-12,15-16,25H2,1-2H3,(H,27,29);2-5H,1H3,(H,8,9,10)/t23-;/m1./s1. The summed E-state index contributed by atoms with van der Waals surface area (Å²) < 4.78 is 58.8. The number of nitrogens with zero attached hydrogens (tertiary/aromatic N) is 2. The number of hydrogen-bond donors (Lipinski definition) is 4. The number of nitrogens with one attached hydrogen (secondary N) is 1. The highest BCUT2D eigenvalue weighted by Crippen LogP contribution is 2.27. The second-order valence-corrected chi connectivity index (χ2v) is 15.0. The first-order valence-electron chi connectivity index (χ1n) is 13.7. The number of carbonyl (C=O) groups is 1. The number of nitrogens with two attached hydrogens (primary N) is 1. The number of ether oxygens (including phenoxy) is 1. The minimum atomic E-state index is -4.02. The molecule has 0 saturated carbocycles. The van der Waals surface area contributed by atoms with Crippen LogP contribution in [0, 0.1) is 18.8 Å². The van der Waals surface area contributed by atoms with E-state index >= 15 is 0 Å². The smallest absolute Gasteiger partial charge is 0.294 e. The molecular formula is C31H34N4O8S2. The van der Waals surface area contributed by atoms with E-state index in [1.807, 2.05) is 49.4 Å². The van der Waals surface area contributed by atoms with Crippen LogP contribution in [0.25, 0.3) is 10.9 Å². The number of carbonyl (C=O) groups excluding carboxylic acids is 1. The van der Waals surface area contributed by atoms with E-state index < -0.39 is 36.1 Å². The summed E-state index contributed by atoms with van der Waals surface area (Å²) in [5, 5.41) is 14.2. The molecule has 1 amide bonds. The normalized spacial score (nSPS) is 15.4. The molecule has 0 radical (unpaired) electrons. The summed E-state index contributed by atoms with van der Waals surface area (Å²) in [5.41, 5.74) is 11.7. The minimum absolute atomic E-state index is 0.0505. The molecule has 3 aromatic carbocycles. The van der Waals surface area contributed by atoms with Crippen LogP contribution in [0.1, 0.15) is 35.6 Å². The van der Waals surface area contributed by atoms with Crippen LogP contribution >= 0.6 is 0 Å². The summed E-state index contributed by atoms with van der Waals surface area (Å²) in [7, 11) is -7.79. The molecule has 1 aromatic heterocycles. The molecular weight excluding hydrogens is 620 g/mol. The molecule has 5 N–H and O–H groups in total. The lowest BCUT2D eigenvalue weighted by atomic mass is 9.89. The van der Waals surface area contributed by atoms with Crippen LogP contribution in [0.4, 0.5) is 0 Å². The average Bonchev–Trinajstić information content (AvgIpc) is 3.39. The number of rotatable bonds is 7. The molecule has 12 nitrogen and oxygen atoms in total. The average molecular weight is 655 g/mol. The molecule has 45 heavy (non-hydrogen) atoms. The highest BCUT2D eigenvalue weighted by molar-refractivity contribution is 7.92. The van der Waals surface area contributed by atoms with Crippen LogP contribution < -0.4 is 11.2 Å². The van der Waals surface area contributed by atoms with Crippen molar-refractivity contribution < 1.29 is 36.1 Å². The molecule has 14 heteroatoms. The van der Waals surface area contributed by atoms with Gasteiger partial charge in [0.05, 0.1) is 29.2 Å². The molecule has 1 fully saturated rings. The van der Waals surface area contributed by atoms with Crippen LogP contribution in [-0.4, -0.2) is 66.5 Å². The molecule has 2 heterocycles. The SMILES string of the molecule is C[C@@](CCn1cc2cc(C#Cc3ccc(C4(N)COC4)cc3)ccc2n1)(C(=O)NO)S(C)(=O)=O.Cc1ccc(S(=O)(=O)O)cc1. The lowest BCUT2D eigenvalue weighted by Gasteiger charge is -2.38. The molecule has 238 valence electrons. The molecule has 0 unspecified atom stereocenters. The van der Waals surface area contributed by atoms with Gasteiger partial charge in [0.1, 0.15) is 0 Å². The Kier molecular flexibility index (Phi) is 9.83. The Morgan fingerprint density at radius 3 is 2.18 bits per heavy atom. The van der Waals surface area contributed by atoms with E-state index in [0.29, 0.717) is 13.2 Å². The van der Waals surface area contributed by atoms with Crippen LogP contribution in [0.15, 0.2) is 77.8 Å². The van der Waals surface area contributed by atoms with Gasteiger partial charge in [-0.3, -0.25) is 19.2 Å². The second-order valence-electron chi connectivity index (χ2n) is 11.1. The minimum Gasteiger partial charge on any atom is -0.377 e. The third-order valence-corrected chi connectivity index (χ3v) is 10.5. The molecule has 1 aliphatic heterocycles. The quantitative estimate of drug-likeness (QED) is 0.0997. The molecule has 0 aliphatic carbocycles. The summed E-state index contributed by atoms with van der Waals surface area (Å²) >= 11 is 0. The molecule has 5 rings (SSSR count). The Balaban J connectivity index is 0.000000354. The van der Waals surface area contributed by atoms with E-state index in [9.17, 15) is 21.6 Å². The van der Waals surface area contributed by atoms with E-state index in [0.717, 1.165) is 39.4 Å². The van der Waals surface area contributed by atoms with Crippen molar-refractivity contribution in [3.05, 3.63) is 95.2 Å². The van der Waals surface area contributed by atoms with Gasteiger partial charge in [0.2, 0.25) is 0 Å². The Labute approximate surface area is 261 Å². The number of benzene rings is 3. The fraction of sp³-hybridized carbons (Fsp3) is 0.290. The zero-order valence-electron chi connectivity index (χ0n) is 24.9. The lowest BCUT2D eigenvalue weighted by molar-refractivity contribution is -0.131. The second kappa shape index (κ2) is 13.1. The maximum absolute atomic E-state index is 12.1. The van der Waals surface area contributed by atoms with Gasteiger partial charge in [0.15, 0.2) is 14.6 Å². The zero-order valence-corrected chi connectivity index (χ0v) is 26.5. The van der Waals surface area contributed by atoms with Gasteiger partial charge in [-0.2, -0.15) is 13.5 Å². The Morgan fingerprint density at radius 1 is 1.04 bits per heavy atom. The number of aryl methyl sites for hydroxylation is 2. The fourth-order valence-electron chi connectivity index (χ4n) is 4.41. The van der Waals surface area contributed by atoms with Crippen molar-refractivity contribution in [2.24, 2.45) is 5.73 Å². The topological polar surface area (TPSA) is 191 Å². The van der Waals surface area contributed by atoms with Crippen molar-refractivity contribution in [1.82, 2.24) is 15.3 Å². The number of amides is 1. The maximum atomic E-state index is 12.1. The summed E-state index contributed by atoms with van der Waals surface area (Å²) in [6.45, 7) is 4.34. The van der Waals surface area contributed by atoms with E-state index in [2.05, 4.69) is 16.9 Å². The maximum Gasteiger partial charge on any atom is 0.294 e. The molecule has 1 atom stereocenters. The Hall–Kier alpha value is -4.10. The van der Waals surface area contributed by atoms with Gasteiger partial charge in [-0.25, -0.2) is 13.9 Å². The molecule has 1 aliphatic rings. The van der Waals surface area contributed by atoms with Crippen LogP contribution in [0.5, 0.6) is 0 Å². The van der Waals surface area contributed by atoms with Crippen molar-refractivity contribution in [3.8, 4) is 11.8 Å². The van der Waals surface area contributed by atoms with Crippen LogP contribution in [0.3, 0.4) is 0 Å². The largest absolute Gasteiger partial charge is 0.377 e. The predicted molar refractivity (Wildman–Crippen MR) is 168 cm³/mol. The summed E-state index contributed by atoms with van der Waals surface area (Å²) in [6.07, 6.45) is 2.69. The zero-order chi connectivity index (χ0) is 33.0. The third-order valence-electron chi connectivity index (χ3n) is 7.62. The highest BCUT2D eigenvalue weighted by atomic mass is 32.2. The number of hydroxylamine groups is 1. The van der Waals surface area contributed by atoms with Crippen molar-refractivity contribution in [1.29, 1.82) is 0 Å². The molecule has 1 saturated heterocycles. The molecule has 4 aromatic rings. The van der Waals surface area contributed by atoms with E-state index in [1.54, 1.807) is 23.0 Å². The van der Waals surface area contributed by atoms with Gasteiger partial charge in [0, 0.05) is 35.5 Å². The number of fused-ring (bicyclic) bond motifs is 1. The van der Waals surface area contributed by atoms with Gasteiger partial charge in [-0.15, -0.1) is 0 Å². The number of sulfone groups is 1. The number of hydrogen-bond acceptors (Lipinski definition) is 9. The van der Waals surface area contributed by atoms with Gasteiger partial charge in [-0.1, -0.05) is 41.7 Å². The van der Waals surface area contributed by atoms with Crippen LogP contribution in [0.2, 0.25) is 0 Å². The van der Waals surface area contributed by atoms with Crippen molar-refractivity contribution >= 4 is 36.8 Å². The molecule has 0 spiro atoms.